The Kier molecular flexibility index (Phi) is 4.77. The maximum Gasteiger partial charge on any atom is 0.177 e. The van der Waals surface area contributed by atoms with Gasteiger partial charge in [-0.2, -0.15) is 5.10 Å². The highest BCUT2D eigenvalue weighted by Crippen LogP contribution is 2.31. The Morgan fingerprint density at radius 1 is 1.17 bits per heavy atom. The van der Waals surface area contributed by atoms with E-state index in [1.165, 1.54) is 5.39 Å². The second kappa shape index (κ2) is 7.57. The van der Waals surface area contributed by atoms with Crippen LogP contribution in [0.1, 0.15) is 23.8 Å². The summed E-state index contributed by atoms with van der Waals surface area (Å²) in [6.07, 6.45) is 4.60. The number of likely N-dealkylation sites (tertiary alicyclic amines) is 1. The Hall–Kier alpha value is -2.77. The van der Waals surface area contributed by atoms with Crippen molar-refractivity contribution in [3.63, 3.8) is 0 Å². The molecule has 0 aliphatic carbocycles. The predicted octanol–water partition coefficient (Wildman–Crippen LogP) is 3.12. The molecule has 150 valence electrons. The van der Waals surface area contributed by atoms with E-state index < -0.39 is 0 Å². The minimum absolute atomic E-state index is 0.374. The summed E-state index contributed by atoms with van der Waals surface area (Å²) >= 11 is 0. The first-order chi connectivity index (χ1) is 14.2. The van der Waals surface area contributed by atoms with Gasteiger partial charge >= 0.3 is 0 Å². The predicted molar refractivity (Wildman–Crippen MR) is 113 cm³/mol. The molecule has 0 N–H and O–H groups in total. The van der Waals surface area contributed by atoms with Crippen molar-refractivity contribution in [3.05, 3.63) is 54.2 Å². The molecular formula is C22H26N6O. The number of likely N-dealkylation sites (N-methyl/N-ethyl adjacent to an activating group) is 1. The van der Waals surface area contributed by atoms with Gasteiger partial charge in [-0.15, -0.1) is 0 Å². The van der Waals surface area contributed by atoms with Gasteiger partial charge in [0.15, 0.2) is 5.65 Å². The van der Waals surface area contributed by atoms with Crippen LogP contribution in [-0.2, 0) is 13.1 Å². The van der Waals surface area contributed by atoms with Gasteiger partial charge in [0.2, 0.25) is 0 Å². The fourth-order valence-corrected chi connectivity index (χ4v) is 4.19. The molecule has 1 atom stereocenters. The summed E-state index contributed by atoms with van der Waals surface area (Å²) < 4.78 is 8.02. The smallest absolute Gasteiger partial charge is 0.177 e. The lowest BCUT2D eigenvalue weighted by Crippen LogP contribution is -2.20. The number of aromatic nitrogens is 4. The Balaban J connectivity index is 1.34. The number of fused-ring (bicyclic) bond motifs is 2. The topological polar surface area (TPSA) is 63.2 Å². The molecule has 0 bridgehead atoms. The number of hydrogen-bond acceptors (Lipinski definition) is 6. The zero-order chi connectivity index (χ0) is 19.8. The van der Waals surface area contributed by atoms with Crippen molar-refractivity contribution in [1.29, 1.82) is 0 Å². The van der Waals surface area contributed by atoms with Gasteiger partial charge in [-0.3, -0.25) is 4.90 Å². The highest BCUT2D eigenvalue weighted by atomic mass is 16.3. The molecule has 0 saturated carbocycles. The summed E-state index contributed by atoms with van der Waals surface area (Å²) in [5.74, 6) is 1.40. The second-order valence-corrected chi connectivity index (χ2v) is 8.11. The third-order valence-corrected chi connectivity index (χ3v) is 5.67. The summed E-state index contributed by atoms with van der Waals surface area (Å²) in [4.78, 5) is 13.8. The number of para-hydroxylation sites is 1. The van der Waals surface area contributed by atoms with Crippen LogP contribution in [0.4, 0.5) is 0 Å². The first-order valence-electron chi connectivity index (χ1n) is 10.2. The van der Waals surface area contributed by atoms with Gasteiger partial charge in [-0.1, -0.05) is 18.2 Å². The van der Waals surface area contributed by atoms with E-state index in [-0.39, 0.29) is 0 Å². The largest absolute Gasteiger partial charge is 0.460 e. The molecule has 7 heteroatoms. The quantitative estimate of drug-likeness (QED) is 0.504. The van der Waals surface area contributed by atoms with Crippen LogP contribution < -0.4 is 0 Å². The Labute approximate surface area is 169 Å². The minimum atomic E-state index is 0.374. The van der Waals surface area contributed by atoms with Gasteiger partial charge < -0.3 is 9.32 Å². The summed E-state index contributed by atoms with van der Waals surface area (Å²) in [7, 11) is 4.15. The van der Waals surface area contributed by atoms with Crippen LogP contribution in [0.2, 0.25) is 0 Å². The van der Waals surface area contributed by atoms with E-state index >= 15 is 0 Å². The molecule has 29 heavy (non-hydrogen) atoms. The van der Waals surface area contributed by atoms with Crippen molar-refractivity contribution in [3.8, 4) is 0 Å². The van der Waals surface area contributed by atoms with E-state index in [4.69, 9.17) is 9.52 Å². The summed E-state index contributed by atoms with van der Waals surface area (Å²) in [5, 5.41) is 6.10. The summed E-state index contributed by atoms with van der Waals surface area (Å²) in [6.45, 7) is 4.57. The van der Waals surface area contributed by atoms with Gasteiger partial charge in [-0.25, -0.2) is 14.6 Å². The maximum atomic E-state index is 6.01. The van der Waals surface area contributed by atoms with Crippen molar-refractivity contribution < 1.29 is 4.42 Å². The molecule has 1 saturated heterocycles. The monoisotopic (exact) mass is 390 g/mol. The molecular weight excluding hydrogens is 364 g/mol. The average Bonchev–Trinajstić information content (AvgIpc) is 3.42. The highest BCUT2D eigenvalue weighted by Gasteiger charge is 2.29. The van der Waals surface area contributed by atoms with E-state index in [0.717, 1.165) is 67.3 Å². The lowest BCUT2D eigenvalue weighted by atomic mass is 10.0. The van der Waals surface area contributed by atoms with Crippen molar-refractivity contribution in [1.82, 2.24) is 29.5 Å². The Bertz CT molecular complexity index is 1100. The van der Waals surface area contributed by atoms with Gasteiger partial charge in [0, 0.05) is 36.8 Å². The number of benzene rings is 1. The molecule has 0 amide bonds. The van der Waals surface area contributed by atoms with Crippen molar-refractivity contribution in [2.75, 3.05) is 33.7 Å². The summed E-state index contributed by atoms with van der Waals surface area (Å²) in [6, 6.07) is 10.3. The van der Waals surface area contributed by atoms with Crippen LogP contribution in [0.15, 0.2) is 47.1 Å². The van der Waals surface area contributed by atoms with Crippen LogP contribution in [0, 0.1) is 0 Å². The van der Waals surface area contributed by atoms with Gasteiger partial charge in [0.1, 0.15) is 16.9 Å². The minimum Gasteiger partial charge on any atom is -0.460 e. The Morgan fingerprint density at radius 2 is 2.03 bits per heavy atom. The van der Waals surface area contributed by atoms with E-state index in [9.17, 15) is 0 Å². The zero-order valence-electron chi connectivity index (χ0n) is 17.0. The molecule has 1 aliphatic rings. The van der Waals surface area contributed by atoms with Crippen LogP contribution in [0.3, 0.4) is 0 Å². The maximum absolute atomic E-state index is 6.01. The van der Waals surface area contributed by atoms with Gasteiger partial charge in [0.05, 0.1) is 18.8 Å². The fraction of sp³-hybridized carbons (Fsp3) is 0.409. The molecule has 0 radical (unpaired) electrons. The SMILES string of the molecule is CN(C)CCn1nc(C2CCN(Cc3cc4ccccc4o3)C2)c2nccnc21. The molecule has 1 unspecified atom stereocenters. The zero-order valence-corrected chi connectivity index (χ0v) is 17.0. The molecule has 0 spiro atoms. The number of nitrogens with zero attached hydrogens (tertiary/aromatic N) is 6. The number of furan rings is 1. The average molecular weight is 390 g/mol. The molecule has 7 nitrogen and oxygen atoms in total. The first-order valence-corrected chi connectivity index (χ1v) is 10.2. The third kappa shape index (κ3) is 3.63. The molecule has 5 rings (SSSR count). The highest BCUT2D eigenvalue weighted by molar-refractivity contribution is 5.77. The van der Waals surface area contributed by atoms with E-state index in [2.05, 4.69) is 46.0 Å². The third-order valence-electron chi connectivity index (χ3n) is 5.67. The van der Waals surface area contributed by atoms with Crippen molar-refractivity contribution in [2.45, 2.75) is 25.4 Å². The lowest BCUT2D eigenvalue weighted by Gasteiger charge is -2.13. The first kappa shape index (κ1) is 18.3. The van der Waals surface area contributed by atoms with Crippen LogP contribution in [0.25, 0.3) is 22.1 Å². The molecule has 3 aromatic heterocycles. The number of rotatable bonds is 6. The van der Waals surface area contributed by atoms with Crippen molar-refractivity contribution >= 4 is 22.1 Å². The summed E-state index contributed by atoms with van der Waals surface area (Å²) in [5.41, 5.74) is 3.88. The lowest BCUT2D eigenvalue weighted by molar-refractivity contribution is 0.298. The van der Waals surface area contributed by atoms with Crippen molar-refractivity contribution in [2.24, 2.45) is 0 Å². The molecule has 1 fully saturated rings. The standard InChI is InChI=1S/C22H26N6O/c1-26(2)11-12-28-22-21(23-8-9-24-22)20(25-28)17-7-10-27(14-17)15-18-13-16-5-3-4-6-19(16)29-18/h3-6,8-9,13,17H,7,10-12,14-15H2,1-2H3. The number of hydrogen-bond donors (Lipinski definition) is 0. The molecule has 4 heterocycles. The van der Waals surface area contributed by atoms with Gasteiger partial charge in [0.25, 0.3) is 0 Å². The van der Waals surface area contributed by atoms with Gasteiger partial charge in [-0.05, 0) is 39.2 Å². The van der Waals surface area contributed by atoms with E-state index in [0.29, 0.717) is 5.92 Å². The molecule has 1 aromatic carbocycles. The van der Waals surface area contributed by atoms with Crippen LogP contribution >= 0.6 is 0 Å². The van der Waals surface area contributed by atoms with Crippen LogP contribution in [-0.4, -0.2) is 63.3 Å². The second-order valence-electron chi connectivity index (χ2n) is 8.11. The van der Waals surface area contributed by atoms with E-state index in [1.807, 2.05) is 22.9 Å². The Morgan fingerprint density at radius 3 is 2.90 bits per heavy atom. The van der Waals surface area contributed by atoms with Crippen LogP contribution in [0.5, 0.6) is 0 Å². The molecule has 4 aromatic rings. The fourth-order valence-electron chi connectivity index (χ4n) is 4.19. The van der Waals surface area contributed by atoms with E-state index in [1.54, 1.807) is 12.4 Å². The molecule has 1 aliphatic heterocycles. The normalized spacial score (nSPS) is 17.8.